The third kappa shape index (κ3) is 4.05. The van der Waals surface area contributed by atoms with Gasteiger partial charge in [-0.25, -0.2) is 9.37 Å². The van der Waals surface area contributed by atoms with E-state index in [9.17, 15) is 4.39 Å². The summed E-state index contributed by atoms with van der Waals surface area (Å²) in [5, 5.41) is 3.54. The zero-order valence-electron chi connectivity index (χ0n) is 12.0. The maximum Gasteiger partial charge on any atom is 0.142 e. The van der Waals surface area contributed by atoms with Gasteiger partial charge in [0.05, 0.1) is 11.6 Å². The van der Waals surface area contributed by atoms with Crippen molar-refractivity contribution in [3.8, 4) is 0 Å². The monoisotopic (exact) mass is 295 g/mol. The molecule has 0 radical (unpaired) electrons. The normalized spacial score (nSPS) is 11.8. The minimum absolute atomic E-state index is 0.0309. The molecule has 1 aromatic heterocycles. The molecule has 0 saturated carbocycles. The molecule has 2 aromatic rings. The van der Waals surface area contributed by atoms with E-state index in [4.69, 9.17) is 11.6 Å². The molecule has 2 rings (SSSR count). The number of halogens is 2. The van der Waals surface area contributed by atoms with Crippen molar-refractivity contribution in [1.82, 2.24) is 14.9 Å². The van der Waals surface area contributed by atoms with Gasteiger partial charge in [-0.2, -0.15) is 0 Å². The average molecular weight is 296 g/mol. The molecule has 20 heavy (non-hydrogen) atoms. The third-order valence-electron chi connectivity index (χ3n) is 2.92. The van der Waals surface area contributed by atoms with Crippen molar-refractivity contribution in [2.75, 3.05) is 0 Å². The van der Waals surface area contributed by atoms with Crippen LogP contribution in [0, 0.1) is 5.82 Å². The first-order valence-corrected chi connectivity index (χ1v) is 6.92. The van der Waals surface area contributed by atoms with Crippen molar-refractivity contribution in [2.24, 2.45) is 0 Å². The Morgan fingerprint density at radius 3 is 2.75 bits per heavy atom. The Morgan fingerprint density at radius 1 is 1.35 bits per heavy atom. The Bertz CT molecular complexity index is 587. The van der Waals surface area contributed by atoms with Gasteiger partial charge < -0.3 is 9.88 Å². The largest absolute Gasteiger partial charge is 0.329 e. The molecule has 0 aliphatic rings. The van der Waals surface area contributed by atoms with Gasteiger partial charge in [-0.15, -0.1) is 0 Å². The molecule has 0 aliphatic heterocycles. The summed E-state index contributed by atoms with van der Waals surface area (Å²) in [4.78, 5) is 4.34. The van der Waals surface area contributed by atoms with Gasteiger partial charge in [0.15, 0.2) is 0 Å². The Kier molecular flexibility index (Phi) is 4.45. The first-order valence-electron chi connectivity index (χ1n) is 6.54. The van der Waals surface area contributed by atoms with Gasteiger partial charge in [-0.1, -0.05) is 17.7 Å². The number of aromatic nitrogens is 2. The zero-order chi connectivity index (χ0) is 14.8. The lowest BCUT2D eigenvalue weighted by molar-refractivity contribution is 0.413. The zero-order valence-corrected chi connectivity index (χ0v) is 12.7. The average Bonchev–Trinajstić information content (AvgIpc) is 2.78. The molecular formula is C15H19ClFN3. The molecule has 3 nitrogen and oxygen atoms in total. The van der Waals surface area contributed by atoms with Crippen molar-refractivity contribution in [2.45, 2.75) is 39.4 Å². The molecule has 0 spiro atoms. The minimum atomic E-state index is -0.390. The second kappa shape index (κ2) is 5.94. The molecule has 0 aliphatic carbocycles. The molecule has 1 heterocycles. The summed E-state index contributed by atoms with van der Waals surface area (Å²) in [6.07, 6.45) is 3.65. The molecule has 108 valence electrons. The Balaban J connectivity index is 2.10. The lowest BCUT2D eigenvalue weighted by Gasteiger charge is -2.20. The van der Waals surface area contributed by atoms with E-state index < -0.39 is 5.82 Å². The van der Waals surface area contributed by atoms with E-state index in [2.05, 4.69) is 31.1 Å². The number of nitrogens with one attached hydrogen (secondary N) is 1. The molecule has 0 unspecified atom stereocenters. The summed E-state index contributed by atoms with van der Waals surface area (Å²) in [5.74, 6) is 0.536. The van der Waals surface area contributed by atoms with Crippen LogP contribution in [0.1, 0.15) is 32.2 Å². The maximum absolute atomic E-state index is 13.4. The Labute approximate surface area is 123 Å². The van der Waals surface area contributed by atoms with Gasteiger partial charge in [-0.05, 0) is 38.5 Å². The standard InChI is InChI=1S/C15H19ClFN3/c1-15(2,3)19-9-14-18-6-7-20(14)10-11-4-5-12(16)13(17)8-11/h4-8,19H,9-10H2,1-3H3. The minimum Gasteiger partial charge on any atom is -0.329 e. The summed E-state index contributed by atoms with van der Waals surface area (Å²) in [5.41, 5.74) is 0.894. The summed E-state index contributed by atoms with van der Waals surface area (Å²) in [6.45, 7) is 7.57. The van der Waals surface area contributed by atoms with Crippen LogP contribution in [-0.2, 0) is 13.1 Å². The summed E-state index contributed by atoms with van der Waals surface area (Å²) in [6, 6.07) is 4.87. The number of nitrogens with zero attached hydrogens (tertiary/aromatic N) is 2. The summed E-state index contributed by atoms with van der Waals surface area (Å²) >= 11 is 5.69. The fourth-order valence-corrected chi connectivity index (χ4v) is 1.95. The van der Waals surface area contributed by atoms with Gasteiger partial charge in [0.1, 0.15) is 11.6 Å². The van der Waals surface area contributed by atoms with Crippen LogP contribution < -0.4 is 5.32 Å². The van der Waals surface area contributed by atoms with Crippen LogP contribution in [-0.4, -0.2) is 15.1 Å². The van der Waals surface area contributed by atoms with Gasteiger partial charge in [0.2, 0.25) is 0 Å². The number of benzene rings is 1. The van der Waals surface area contributed by atoms with E-state index in [1.807, 2.05) is 16.8 Å². The number of hydrogen-bond donors (Lipinski definition) is 1. The van der Waals surface area contributed by atoms with E-state index in [1.165, 1.54) is 6.07 Å². The van der Waals surface area contributed by atoms with Crippen molar-refractivity contribution >= 4 is 11.6 Å². The lowest BCUT2D eigenvalue weighted by atomic mass is 10.1. The molecule has 0 fully saturated rings. The summed E-state index contributed by atoms with van der Waals surface area (Å²) in [7, 11) is 0. The first kappa shape index (κ1) is 15.0. The van der Waals surface area contributed by atoms with Gasteiger partial charge in [-0.3, -0.25) is 0 Å². The van der Waals surface area contributed by atoms with Gasteiger partial charge in [0.25, 0.3) is 0 Å². The van der Waals surface area contributed by atoms with E-state index in [0.29, 0.717) is 13.1 Å². The molecule has 1 N–H and O–H groups in total. The highest BCUT2D eigenvalue weighted by Crippen LogP contribution is 2.16. The Morgan fingerprint density at radius 2 is 2.10 bits per heavy atom. The molecule has 0 amide bonds. The predicted octanol–water partition coefficient (Wildman–Crippen LogP) is 3.61. The quantitative estimate of drug-likeness (QED) is 0.934. The molecular weight excluding hydrogens is 277 g/mol. The van der Waals surface area contributed by atoms with Crippen LogP contribution in [0.15, 0.2) is 30.6 Å². The highest BCUT2D eigenvalue weighted by molar-refractivity contribution is 6.30. The fraction of sp³-hybridized carbons (Fsp3) is 0.400. The van der Waals surface area contributed by atoms with Crippen molar-refractivity contribution in [1.29, 1.82) is 0 Å². The topological polar surface area (TPSA) is 29.9 Å². The second-order valence-electron chi connectivity index (χ2n) is 5.82. The number of hydrogen-bond acceptors (Lipinski definition) is 2. The van der Waals surface area contributed by atoms with Crippen molar-refractivity contribution in [3.63, 3.8) is 0 Å². The van der Waals surface area contributed by atoms with E-state index in [1.54, 1.807) is 12.3 Å². The fourth-order valence-electron chi connectivity index (χ4n) is 1.83. The predicted molar refractivity (Wildman–Crippen MR) is 79.3 cm³/mol. The van der Waals surface area contributed by atoms with Crippen LogP contribution in [0.25, 0.3) is 0 Å². The third-order valence-corrected chi connectivity index (χ3v) is 3.22. The van der Waals surface area contributed by atoms with E-state index in [0.717, 1.165) is 11.4 Å². The highest BCUT2D eigenvalue weighted by Gasteiger charge is 2.11. The molecule has 0 atom stereocenters. The molecule has 1 aromatic carbocycles. The van der Waals surface area contributed by atoms with E-state index >= 15 is 0 Å². The second-order valence-corrected chi connectivity index (χ2v) is 6.23. The van der Waals surface area contributed by atoms with Gasteiger partial charge >= 0.3 is 0 Å². The number of imidazole rings is 1. The van der Waals surface area contributed by atoms with Crippen LogP contribution in [0.5, 0.6) is 0 Å². The molecule has 0 bridgehead atoms. The lowest BCUT2D eigenvalue weighted by Crippen LogP contribution is -2.36. The highest BCUT2D eigenvalue weighted by atomic mass is 35.5. The van der Waals surface area contributed by atoms with Crippen molar-refractivity contribution in [3.05, 3.63) is 52.8 Å². The van der Waals surface area contributed by atoms with Crippen molar-refractivity contribution < 1.29 is 4.39 Å². The van der Waals surface area contributed by atoms with E-state index in [-0.39, 0.29) is 10.6 Å². The Hall–Kier alpha value is -1.39. The summed E-state index contributed by atoms with van der Waals surface area (Å²) < 4.78 is 15.4. The number of rotatable bonds is 4. The van der Waals surface area contributed by atoms with Crippen LogP contribution in [0.3, 0.4) is 0 Å². The SMILES string of the molecule is CC(C)(C)NCc1nccn1Cc1ccc(Cl)c(F)c1. The van der Waals surface area contributed by atoms with Crippen LogP contribution in [0.4, 0.5) is 4.39 Å². The van der Waals surface area contributed by atoms with Crippen LogP contribution in [0.2, 0.25) is 5.02 Å². The molecule has 5 heteroatoms. The van der Waals surface area contributed by atoms with Crippen LogP contribution >= 0.6 is 11.6 Å². The first-order chi connectivity index (χ1) is 9.35. The van der Waals surface area contributed by atoms with Gasteiger partial charge in [0, 0.05) is 24.5 Å². The molecule has 0 saturated heterocycles. The smallest absolute Gasteiger partial charge is 0.142 e. The maximum atomic E-state index is 13.4.